The number of phenols is 1. The minimum atomic E-state index is -0.738. The number of nitrogens with two attached hydrogens (primary N) is 1. The number of aromatic hydroxyl groups is 1. The predicted molar refractivity (Wildman–Crippen MR) is 45.7 cm³/mol. The number of nitrogens with zero attached hydrogens (tertiary/aromatic N) is 1. The number of hydrogen-bond acceptors (Lipinski definition) is 3. The first-order valence-corrected chi connectivity index (χ1v) is 3.66. The summed E-state index contributed by atoms with van der Waals surface area (Å²) in [6, 6.07) is 5.45. The molecule has 12 heavy (non-hydrogen) atoms. The molecule has 3 N–H and O–H groups in total. The fourth-order valence-corrected chi connectivity index (χ4v) is 1.13. The summed E-state index contributed by atoms with van der Waals surface area (Å²) in [6.45, 7) is 0. The van der Waals surface area contributed by atoms with Gasteiger partial charge in [-0.25, -0.2) is 0 Å². The second kappa shape index (κ2) is 3.44. The van der Waals surface area contributed by atoms with Crippen LogP contribution in [0.15, 0.2) is 18.2 Å². The Balaban J connectivity index is 3.11. The van der Waals surface area contributed by atoms with Gasteiger partial charge in [-0.15, -0.1) is 0 Å². The van der Waals surface area contributed by atoms with Gasteiger partial charge in [-0.1, -0.05) is 17.7 Å². The SMILES string of the molecule is N#C[C@@H](N)c1ccc(O)cc1Cl. The summed E-state index contributed by atoms with van der Waals surface area (Å²) >= 11 is 5.71. The number of halogens is 1. The molecule has 1 aromatic carbocycles. The smallest absolute Gasteiger partial charge is 0.120 e. The third-order valence-corrected chi connectivity index (χ3v) is 1.79. The van der Waals surface area contributed by atoms with Gasteiger partial charge in [0.25, 0.3) is 0 Å². The van der Waals surface area contributed by atoms with Gasteiger partial charge >= 0.3 is 0 Å². The Bertz CT molecular complexity index is 332. The standard InChI is InChI=1S/C8H7ClN2O/c9-7-3-5(12)1-2-6(7)8(11)4-10/h1-3,8,12H,11H2/t8-/m1/s1. The van der Waals surface area contributed by atoms with Crippen LogP contribution in [0.1, 0.15) is 11.6 Å². The average Bonchev–Trinajstić information content (AvgIpc) is 2.03. The molecule has 62 valence electrons. The number of benzene rings is 1. The molecular formula is C8H7ClN2O. The molecule has 0 aliphatic rings. The first-order chi connectivity index (χ1) is 5.65. The summed E-state index contributed by atoms with van der Waals surface area (Å²) in [5, 5.41) is 17.8. The molecule has 4 heteroatoms. The molecule has 0 saturated heterocycles. The van der Waals surface area contributed by atoms with Crippen LogP contribution < -0.4 is 5.73 Å². The lowest BCUT2D eigenvalue weighted by Crippen LogP contribution is -2.07. The van der Waals surface area contributed by atoms with E-state index in [4.69, 9.17) is 27.7 Å². The van der Waals surface area contributed by atoms with E-state index in [9.17, 15) is 0 Å². The van der Waals surface area contributed by atoms with Crippen molar-refractivity contribution in [3.63, 3.8) is 0 Å². The zero-order chi connectivity index (χ0) is 9.14. The number of hydrogen-bond donors (Lipinski definition) is 2. The molecular weight excluding hydrogens is 176 g/mol. The van der Waals surface area contributed by atoms with Gasteiger partial charge in [0.15, 0.2) is 0 Å². The van der Waals surface area contributed by atoms with Crippen molar-refractivity contribution >= 4 is 11.6 Å². The summed E-state index contributed by atoms with van der Waals surface area (Å²) < 4.78 is 0. The lowest BCUT2D eigenvalue weighted by atomic mass is 10.1. The fraction of sp³-hybridized carbons (Fsp3) is 0.125. The van der Waals surface area contributed by atoms with E-state index < -0.39 is 6.04 Å². The Labute approximate surface area is 75.0 Å². The van der Waals surface area contributed by atoms with Gasteiger partial charge in [0.05, 0.1) is 11.1 Å². The van der Waals surface area contributed by atoms with E-state index >= 15 is 0 Å². The van der Waals surface area contributed by atoms with Crippen molar-refractivity contribution < 1.29 is 5.11 Å². The maximum absolute atomic E-state index is 8.98. The second-order valence-corrected chi connectivity index (χ2v) is 2.72. The van der Waals surface area contributed by atoms with E-state index in [1.54, 1.807) is 0 Å². The Hall–Kier alpha value is -1.24. The lowest BCUT2D eigenvalue weighted by Gasteiger charge is -2.05. The third-order valence-electron chi connectivity index (χ3n) is 1.46. The number of phenolic OH excluding ortho intramolecular Hbond substituents is 1. The normalized spacial score (nSPS) is 12.1. The van der Waals surface area contributed by atoms with Gasteiger partial charge in [-0.05, 0) is 12.1 Å². The number of nitriles is 1. The Morgan fingerprint density at radius 3 is 2.75 bits per heavy atom. The summed E-state index contributed by atoms with van der Waals surface area (Å²) in [5.74, 6) is 0.0638. The molecule has 0 spiro atoms. The average molecular weight is 183 g/mol. The van der Waals surface area contributed by atoms with Crippen molar-refractivity contribution in [3.05, 3.63) is 28.8 Å². The van der Waals surface area contributed by atoms with Crippen molar-refractivity contribution in [1.29, 1.82) is 5.26 Å². The highest BCUT2D eigenvalue weighted by Crippen LogP contribution is 2.25. The first kappa shape index (κ1) is 8.85. The van der Waals surface area contributed by atoms with Gasteiger partial charge in [-0.2, -0.15) is 5.26 Å². The second-order valence-electron chi connectivity index (χ2n) is 2.31. The molecule has 0 amide bonds. The van der Waals surface area contributed by atoms with E-state index in [0.29, 0.717) is 10.6 Å². The van der Waals surface area contributed by atoms with E-state index in [2.05, 4.69) is 0 Å². The summed E-state index contributed by atoms with van der Waals surface area (Å²) in [4.78, 5) is 0. The van der Waals surface area contributed by atoms with Crippen LogP contribution in [0.2, 0.25) is 5.02 Å². The van der Waals surface area contributed by atoms with Crippen LogP contribution in [-0.4, -0.2) is 5.11 Å². The molecule has 0 aliphatic carbocycles. The predicted octanol–water partition coefficient (Wildman–Crippen LogP) is 1.57. The van der Waals surface area contributed by atoms with Crippen LogP contribution in [0.3, 0.4) is 0 Å². The van der Waals surface area contributed by atoms with Crippen molar-refractivity contribution in [2.45, 2.75) is 6.04 Å². The highest BCUT2D eigenvalue weighted by molar-refractivity contribution is 6.31. The minimum absolute atomic E-state index is 0.0638. The molecule has 0 saturated carbocycles. The molecule has 1 rings (SSSR count). The molecule has 1 atom stereocenters. The zero-order valence-corrected chi connectivity index (χ0v) is 6.92. The molecule has 0 radical (unpaired) electrons. The van der Waals surface area contributed by atoms with Crippen LogP contribution in [0.4, 0.5) is 0 Å². The molecule has 0 bridgehead atoms. The highest BCUT2D eigenvalue weighted by atomic mass is 35.5. The van der Waals surface area contributed by atoms with Gasteiger partial charge in [0.1, 0.15) is 11.8 Å². The maximum atomic E-state index is 8.98. The van der Waals surface area contributed by atoms with Crippen LogP contribution in [0.25, 0.3) is 0 Å². The van der Waals surface area contributed by atoms with Crippen LogP contribution in [0.5, 0.6) is 5.75 Å². The van der Waals surface area contributed by atoms with Crippen molar-refractivity contribution in [3.8, 4) is 11.8 Å². The third kappa shape index (κ3) is 1.67. The molecule has 1 aromatic rings. The molecule has 0 fully saturated rings. The maximum Gasteiger partial charge on any atom is 0.120 e. The number of rotatable bonds is 1. The van der Waals surface area contributed by atoms with Crippen LogP contribution >= 0.6 is 11.6 Å². The fourth-order valence-electron chi connectivity index (χ4n) is 0.838. The molecule has 0 aliphatic heterocycles. The van der Waals surface area contributed by atoms with Crippen LogP contribution in [0, 0.1) is 11.3 Å². The van der Waals surface area contributed by atoms with Crippen molar-refractivity contribution in [2.75, 3.05) is 0 Å². The first-order valence-electron chi connectivity index (χ1n) is 3.28. The van der Waals surface area contributed by atoms with E-state index in [1.807, 2.05) is 6.07 Å². The van der Waals surface area contributed by atoms with Crippen molar-refractivity contribution in [1.82, 2.24) is 0 Å². The van der Waals surface area contributed by atoms with Gasteiger partial charge in [0.2, 0.25) is 0 Å². The minimum Gasteiger partial charge on any atom is -0.508 e. The van der Waals surface area contributed by atoms with Crippen molar-refractivity contribution in [2.24, 2.45) is 5.73 Å². The van der Waals surface area contributed by atoms with E-state index in [-0.39, 0.29) is 5.75 Å². The van der Waals surface area contributed by atoms with E-state index in [1.165, 1.54) is 18.2 Å². The van der Waals surface area contributed by atoms with Gasteiger partial charge < -0.3 is 10.8 Å². The Kier molecular flexibility index (Phi) is 2.54. The van der Waals surface area contributed by atoms with E-state index in [0.717, 1.165) is 0 Å². The monoisotopic (exact) mass is 182 g/mol. The quantitative estimate of drug-likeness (QED) is 0.693. The summed E-state index contributed by atoms with van der Waals surface area (Å²) in [7, 11) is 0. The molecule has 0 unspecified atom stereocenters. The molecule has 0 heterocycles. The topological polar surface area (TPSA) is 70.0 Å². The van der Waals surface area contributed by atoms with Gasteiger partial charge in [-0.3, -0.25) is 0 Å². The Morgan fingerprint density at radius 2 is 2.25 bits per heavy atom. The van der Waals surface area contributed by atoms with Crippen LogP contribution in [-0.2, 0) is 0 Å². The Morgan fingerprint density at radius 1 is 1.58 bits per heavy atom. The summed E-state index contributed by atoms with van der Waals surface area (Å²) in [6.07, 6.45) is 0. The van der Waals surface area contributed by atoms with Gasteiger partial charge in [0, 0.05) is 5.56 Å². The molecule has 0 aromatic heterocycles. The largest absolute Gasteiger partial charge is 0.508 e. The molecule has 3 nitrogen and oxygen atoms in total. The summed E-state index contributed by atoms with van der Waals surface area (Å²) in [5.41, 5.74) is 5.94. The highest BCUT2D eigenvalue weighted by Gasteiger charge is 2.08. The lowest BCUT2D eigenvalue weighted by molar-refractivity contribution is 0.475. The zero-order valence-electron chi connectivity index (χ0n) is 6.16.